The molecule has 0 radical (unpaired) electrons. The summed E-state index contributed by atoms with van der Waals surface area (Å²) >= 11 is 0. The third kappa shape index (κ3) is 6.09. The van der Waals surface area contributed by atoms with Crippen molar-refractivity contribution in [3.63, 3.8) is 0 Å². The van der Waals surface area contributed by atoms with Gasteiger partial charge in [0.05, 0.1) is 0 Å². The first-order valence-electron chi connectivity index (χ1n) is 6.33. The second kappa shape index (κ2) is 9.61. The highest BCUT2D eigenvalue weighted by molar-refractivity contribution is 4.86. The Morgan fingerprint density at radius 1 is 1.19 bits per heavy atom. The highest BCUT2D eigenvalue weighted by Gasteiger charge is 2.19. The standard InChI is InChI=1S/C14H28N2/c1-6-9-15-12-14(13(4)5)16(10-7-2)11-8-3/h7-8,13-15H,2-3,6,9-12H2,1,4-5H3. The van der Waals surface area contributed by atoms with Crippen LogP contribution in [0.1, 0.15) is 27.2 Å². The first kappa shape index (κ1) is 15.4. The SMILES string of the molecule is C=CCN(CC=C)C(CNCCC)C(C)C. The minimum absolute atomic E-state index is 0.558. The topological polar surface area (TPSA) is 15.3 Å². The van der Waals surface area contributed by atoms with E-state index in [1.807, 2.05) is 12.2 Å². The molecule has 0 aliphatic carbocycles. The maximum absolute atomic E-state index is 3.82. The molecule has 0 heterocycles. The zero-order valence-corrected chi connectivity index (χ0v) is 11.2. The first-order valence-corrected chi connectivity index (χ1v) is 6.33. The smallest absolute Gasteiger partial charge is 0.0250 e. The Balaban J connectivity index is 4.31. The van der Waals surface area contributed by atoms with Gasteiger partial charge in [-0.1, -0.05) is 32.9 Å². The fraction of sp³-hybridized carbons (Fsp3) is 0.714. The predicted molar refractivity (Wildman–Crippen MR) is 73.8 cm³/mol. The van der Waals surface area contributed by atoms with E-state index in [1.165, 1.54) is 6.42 Å². The summed E-state index contributed by atoms with van der Waals surface area (Å²) in [5, 5.41) is 3.50. The summed E-state index contributed by atoms with van der Waals surface area (Å²) in [6.45, 7) is 18.4. The van der Waals surface area contributed by atoms with Crippen molar-refractivity contribution < 1.29 is 0 Å². The van der Waals surface area contributed by atoms with Crippen molar-refractivity contribution in [2.24, 2.45) is 5.92 Å². The Morgan fingerprint density at radius 3 is 2.12 bits per heavy atom. The van der Waals surface area contributed by atoms with Gasteiger partial charge in [0.2, 0.25) is 0 Å². The van der Waals surface area contributed by atoms with Gasteiger partial charge >= 0.3 is 0 Å². The van der Waals surface area contributed by atoms with Crippen molar-refractivity contribution in [2.45, 2.75) is 33.2 Å². The number of nitrogens with zero attached hydrogens (tertiary/aromatic N) is 1. The lowest BCUT2D eigenvalue weighted by molar-refractivity contribution is 0.185. The molecule has 1 N–H and O–H groups in total. The van der Waals surface area contributed by atoms with Crippen molar-refractivity contribution in [3.8, 4) is 0 Å². The van der Waals surface area contributed by atoms with Gasteiger partial charge in [-0.05, 0) is 18.9 Å². The zero-order chi connectivity index (χ0) is 12.4. The molecule has 2 nitrogen and oxygen atoms in total. The van der Waals surface area contributed by atoms with Crippen LogP contribution in [0.4, 0.5) is 0 Å². The van der Waals surface area contributed by atoms with Crippen LogP contribution in [0.15, 0.2) is 25.3 Å². The predicted octanol–water partition coefficient (Wildman–Crippen LogP) is 2.68. The molecule has 0 saturated carbocycles. The van der Waals surface area contributed by atoms with Crippen molar-refractivity contribution in [3.05, 3.63) is 25.3 Å². The molecule has 0 aromatic rings. The third-order valence-corrected chi connectivity index (χ3v) is 2.75. The van der Waals surface area contributed by atoms with Crippen LogP contribution in [-0.2, 0) is 0 Å². The first-order chi connectivity index (χ1) is 7.67. The Labute approximate surface area is 101 Å². The van der Waals surface area contributed by atoms with Crippen molar-refractivity contribution >= 4 is 0 Å². The van der Waals surface area contributed by atoms with E-state index in [4.69, 9.17) is 0 Å². The van der Waals surface area contributed by atoms with Crippen molar-refractivity contribution in [2.75, 3.05) is 26.2 Å². The minimum Gasteiger partial charge on any atom is -0.315 e. The number of nitrogens with one attached hydrogen (secondary N) is 1. The molecule has 2 heteroatoms. The lowest BCUT2D eigenvalue weighted by atomic mass is 10.0. The molecule has 0 amide bonds. The van der Waals surface area contributed by atoms with Gasteiger partial charge in [-0.25, -0.2) is 0 Å². The summed E-state index contributed by atoms with van der Waals surface area (Å²) in [6, 6.07) is 0.558. The molecule has 0 saturated heterocycles. The second-order valence-electron chi connectivity index (χ2n) is 4.55. The van der Waals surface area contributed by atoms with E-state index < -0.39 is 0 Å². The number of rotatable bonds is 10. The summed E-state index contributed by atoms with van der Waals surface area (Å²) in [4.78, 5) is 2.42. The molecular formula is C14H28N2. The van der Waals surface area contributed by atoms with E-state index in [0.29, 0.717) is 12.0 Å². The largest absolute Gasteiger partial charge is 0.315 e. The molecule has 0 aromatic carbocycles. The molecule has 0 rings (SSSR count). The van der Waals surface area contributed by atoms with E-state index in [1.54, 1.807) is 0 Å². The Hall–Kier alpha value is -0.600. The lowest BCUT2D eigenvalue weighted by Gasteiger charge is -2.33. The number of hydrogen-bond donors (Lipinski definition) is 1. The molecule has 0 spiro atoms. The summed E-state index contributed by atoms with van der Waals surface area (Å²) in [6.07, 6.45) is 5.13. The normalized spacial score (nSPS) is 13.1. The van der Waals surface area contributed by atoms with Crippen LogP contribution < -0.4 is 5.32 Å². The third-order valence-electron chi connectivity index (χ3n) is 2.75. The van der Waals surface area contributed by atoms with E-state index in [0.717, 1.165) is 26.2 Å². The van der Waals surface area contributed by atoms with Gasteiger partial charge < -0.3 is 5.32 Å². The van der Waals surface area contributed by atoms with E-state index in [2.05, 4.69) is 44.1 Å². The van der Waals surface area contributed by atoms with E-state index >= 15 is 0 Å². The molecule has 0 bridgehead atoms. The van der Waals surface area contributed by atoms with Crippen LogP contribution in [0, 0.1) is 5.92 Å². The summed E-state index contributed by atoms with van der Waals surface area (Å²) in [5.41, 5.74) is 0. The highest BCUT2D eigenvalue weighted by atomic mass is 15.2. The van der Waals surface area contributed by atoms with Crippen LogP contribution in [0.25, 0.3) is 0 Å². The minimum atomic E-state index is 0.558. The van der Waals surface area contributed by atoms with Gasteiger partial charge in [-0.2, -0.15) is 0 Å². The lowest BCUT2D eigenvalue weighted by Crippen LogP contribution is -2.46. The fourth-order valence-electron chi connectivity index (χ4n) is 1.89. The molecule has 0 fully saturated rings. The Kier molecular flexibility index (Phi) is 9.25. The Morgan fingerprint density at radius 2 is 1.75 bits per heavy atom. The maximum atomic E-state index is 3.82. The molecule has 94 valence electrons. The molecule has 1 atom stereocenters. The quantitative estimate of drug-likeness (QED) is 0.453. The Bertz CT molecular complexity index is 177. The van der Waals surface area contributed by atoms with Gasteiger partial charge in [0.15, 0.2) is 0 Å². The van der Waals surface area contributed by atoms with E-state index in [-0.39, 0.29) is 0 Å². The van der Waals surface area contributed by atoms with Gasteiger partial charge in [-0.3, -0.25) is 4.90 Å². The maximum Gasteiger partial charge on any atom is 0.0250 e. The average Bonchev–Trinajstić information content (AvgIpc) is 2.24. The molecule has 1 unspecified atom stereocenters. The summed E-state index contributed by atoms with van der Waals surface area (Å²) < 4.78 is 0. The molecule has 16 heavy (non-hydrogen) atoms. The van der Waals surface area contributed by atoms with Gasteiger partial charge in [0.25, 0.3) is 0 Å². The zero-order valence-electron chi connectivity index (χ0n) is 11.2. The summed E-state index contributed by atoms with van der Waals surface area (Å²) in [7, 11) is 0. The van der Waals surface area contributed by atoms with Crippen LogP contribution in [-0.4, -0.2) is 37.1 Å². The fourth-order valence-corrected chi connectivity index (χ4v) is 1.89. The van der Waals surface area contributed by atoms with E-state index in [9.17, 15) is 0 Å². The number of hydrogen-bond acceptors (Lipinski definition) is 2. The summed E-state index contributed by atoms with van der Waals surface area (Å²) in [5.74, 6) is 0.643. The highest BCUT2D eigenvalue weighted by Crippen LogP contribution is 2.10. The van der Waals surface area contributed by atoms with Gasteiger partial charge in [0, 0.05) is 25.7 Å². The monoisotopic (exact) mass is 224 g/mol. The van der Waals surface area contributed by atoms with Crippen molar-refractivity contribution in [1.29, 1.82) is 0 Å². The molecule has 0 aliphatic heterocycles. The van der Waals surface area contributed by atoms with Crippen LogP contribution in [0.3, 0.4) is 0 Å². The van der Waals surface area contributed by atoms with Gasteiger partial charge in [-0.15, -0.1) is 13.2 Å². The molecular weight excluding hydrogens is 196 g/mol. The van der Waals surface area contributed by atoms with Crippen molar-refractivity contribution in [1.82, 2.24) is 10.2 Å². The van der Waals surface area contributed by atoms with Crippen LogP contribution in [0.2, 0.25) is 0 Å². The van der Waals surface area contributed by atoms with Crippen LogP contribution in [0.5, 0.6) is 0 Å². The van der Waals surface area contributed by atoms with Gasteiger partial charge in [0.1, 0.15) is 0 Å². The molecule has 0 aliphatic rings. The average molecular weight is 224 g/mol. The molecule has 0 aromatic heterocycles. The second-order valence-corrected chi connectivity index (χ2v) is 4.55. The van der Waals surface area contributed by atoms with Crippen LogP contribution >= 0.6 is 0 Å².